The molecule has 0 unspecified atom stereocenters. The number of nitrogens with one attached hydrogen (secondary N) is 1. The average molecular weight is 274 g/mol. The highest BCUT2D eigenvalue weighted by atomic mass is 19.1. The van der Waals surface area contributed by atoms with Gasteiger partial charge in [-0.3, -0.25) is 0 Å². The van der Waals surface area contributed by atoms with Gasteiger partial charge in [0.2, 0.25) is 0 Å². The largest absolute Gasteiger partial charge is 0.497 e. The van der Waals surface area contributed by atoms with Gasteiger partial charge < -0.3 is 15.0 Å². The number of methoxy groups -OCH3 is 1. The third kappa shape index (κ3) is 3.41. The molecule has 2 aromatic carbocycles. The molecule has 1 N–H and O–H groups in total. The SMILES string of the molecule is COc1ccc(CNc2cccc(N(C)C)c2)c(F)c1. The van der Waals surface area contributed by atoms with Crippen LogP contribution in [0.25, 0.3) is 0 Å². The number of nitrogens with zero attached hydrogens (tertiary/aromatic N) is 1. The minimum atomic E-state index is -0.263. The Morgan fingerprint density at radius 1 is 1.15 bits per heavy atom. The van der Waals surface area contributed by atoms with Crippen LogP contribution in [0.4, 0.5) is 15.8 Å². The number of anilines is 2. The van der Waals surface area contributed by atoms with Crippen LogP contribution in [-0.2, 0) is 6.54 Å². The first-order valence-electron chi connectivity index (χ1n) is 6.44. The van der Waals surface area contributed by atoms with Crippen molar-refractivity contribution < 1.29 is 9.13 Å². The fourth-order valence-corrected chi connectivity index (χ4v) is 1.89. The average Bonchev–Trinajstić information content (AvgIpc) is 2.46. The molecular weight excluding hydrogens is 255 g/mol. The third-order valence-corrected chi connectivity index (χ3v) is 3.11. The predicted octanol–water partition coefficient (Wildman–Crippen LogP) is 3.51. The van der Waals surface area contributed by atoms with Crippen LogP contribution in [0.2, 0.25) is 0 Å². The molecule has 0 radical (unpaired) electrons. The highest BCUT2D eigenvalue weighted by molar-refractivity contribution is 5.57. The topological polar surface area (TPSA) is 24.5 Å². The van der Waals surface area contributed by atoms with Crippen LogP contribution in [0.5, 0.6) is 5.75 Å². The van der Waals surface area contributed by atoms with Crippen molar-refractivity contribution in [1.29, 1.82) is 0 Å². The lowest BCUT2D eigenvalue weighted by atomic mass is 10.2. The van der Waals surface area contributed by atoms with Gasteiger partial charge in [0.15, 0.2) is 0 Å². The van der Waals surface area contributed by atoms with Crippen molar-refractivity contribution in [1.82, 2.24) is 0 Å². The van der Waals surface area contributed by atoms with E-state index in [1.807, 2.05) is 43.3 Å². The molecule has 2 aromatic rings. The van der Waals surface area contributed by atoms with Crippen molar-refractivity contribution in [3.63, 3.8) is 0 Å². The molecular formula is C16H19FN2O. The summed E-state index contributed by atoms with van der Waals surface area (Å²) in [5.74, 6) is 0.265. The Morgan fingerprint density at radius 3 is 2.60 bits per heavy atom. The lowest BCUT2D eigenvalue weighted by Gasteiger charge is -2.14. The molecule has 3 nitrogen and oxygen atoms in total. The van der Waals surface area contributed by atoms with Gasteiger partial charge in [0, 0.05) is 43.6 Å². The molecule has 0 aliphatic carbocycles. The first kappa shape index (κ1) is 14.2. The van der Waals surface area contributed by atoms with E-state index >= 15 is 0 Å². The van der Waals surface area contributed by atoms with Gasteiger partial charge >= 0.3 is 0 Å². The number of rotatable bonds is 5. The number of hydrogen-bond donors (Lipinski definition) is 1. The van der Waals surface area contributed by atoms with E-state index in [0.717, 1.165) is 11.4 Å². The van der Waals surface area contributed by atoms with E-state index in [2.05, 4.69) is 5.32 Å². The summed E-state index contributed by atoms with van der Waals surface area (Å²) in [6, 6.07) is 12.9. The predicted molar refractivity (Wildman–Crippen MR) is 81.0 cm³/mol. The summed E-state index contributed by atoms with van der Waals surface area (Å²) >= 11 is 0. The van der Waals surface area contributed by atoms with Crippen LogP contribution < -0.4 is 15.0 Å². The number of hydrogen-bond acceptors (Lipinski definition) is 3. The van der Waals surface area contributed by atoms with Gasteiger partial charge in [0.25, 0.3) is 0 Å². The summed E-state index contributed by atoms with van der Waals surface area (Å²) in [6.07, 6.45) is 0. The Hall–Kier alpha value is -2.23. The Balaban J connectivity index is 2.07. The van der Waals surface area contributed by atoms with Crippen molar-refractivity contribution in [2.75, 3.05) is 31.4 Å². The molecule has 0 heterocycles. The zero-order chi connectivity index (χ0) is 14.5. The van der Waals surface area contributed by atoms with E-state index in [1.54, 1.807) is 12.1 Å². The molecule has 0 aromatic heterocycles. The Labute approximate surface area is 119 Å². The van der Waals surface area contributed by atoms with Crippen LogP contribution in [-0.4, -0.2) is 21.2 Å². The maximum atomic E-state index is 13.8. The van der Waals surface area contributed by atoms with Gasteiger partial charge in [-0.05, 0) is 24.3 Å². The normalized spacial score (nSPS) is 10.2. The summed E-state index contributed by atoms with van der Waals surface area (Å²) in [7, 11) is 5.50. The maximum Gasteiger partial charge on any atom is 0.131 e. The molecule has 4 heteroatoms. The van der Waals surface area contributed by atoms with E-state index in [0.29, 0.717) is 17.9 Å². The molecule has 106 valence electrons. The smallest absolute Gasteiger partial charge is 0.131 e. The number of halogens is 1. The van der Waals surface area contributed by atoms with Crippen LogP contribution in [0.1, 0.15) is 5.56 Å². The second-order valence-electron chi connectivity index (χ2n) is 4.76. The van der Waals surface area contributed by atoms with E-state index < -0.39 is 0 Å². The van der Waals surface area contributed by atoms with Gasteiger partial charge in [-0.2, -0.15) is 0 Å². The Bertz CT molecular complexity index is 584. The maximum absolute atomic E-state index is 13.8. The van der Waals surface area contributed by atoms with Crippen molar-refractivity contribution in [2.45, 2.75) is 6.54 Å². The molecule has 0 saturated heterocycles. The zero-order valence-corrected chi connectivity index (χ0v) is 12.0. The van der Waals surface area contributed by atoms with Crippen LogP contribution in [0.3, 0.4) is 0 Å². The lowest BCUT2D eigenvalue weighted by Crippen LogP contribution is -2.09. The van der Waals surface area contributed by atoms with Crippen LogP contribution in [0, 0.1) is 5.82 Å². The lowest BCUT2D eigenvalue weighted by molar-refractivity contribution is 0.411. The standard InChI is InChI=1S/C16H19FN2O/c1-19(2)14-6-4-5-13(9-14)18-11-12-7-8-15(20-3)10-16(12)17/h4-10,18H,11H2,1-3H3. The Morgan fingerprint density at radius 2 is 1.95 bits per heavy atom. The van der Waals surface area contributed by atoms with Gasteiger partial charge in [0.05, 0.1) is 7.11 Å². The molecule has 0 amide bonds. The summed E-state index contributed by atoms with van der Waals surface area (Å²) in [5, 5.41) is 3.23. The highest BCUT2D eigenvalue weighted by Gasteiger charge is 2.04. The summed E-state index contributed by atoms with van der Waals surface area (Å²) in [4.78, 5) is 2.03. The van der Waals surface area contributed by atoms with Crippen molar-refractivity contribution in [3.8, 4) is 5.75 Å². The minimum absolute atomic E-state index is 0.263. The monoisotopic (exact) mass is 274 g/mol. The molecule has 0 bridgehead atoms. The molecule has 20 heavy (non-hydrogen) atoms. The minimum Gasteiger partial charge on any atom is -0.497 e. The van der Waals surface area contributed by atoms with E-state index in [-0.39, 0.29) is 5.82 Å². The molecule has 0 saturated carbocycles. The number of benzene rings is 2. The second-order valence-corrected chi connectivity index (χ2v) is 4.76. The molecule has 2 rings (SSSR count). The van der Waals surface area contributed by atoms with Crippen molar-refractivity contribution >= 4 is 11.4 Å². The van der Waals surface area contributed by atoms with E-state index in [4.69, 9.17) is 4.74 Å². The third-order valence-electron chi connectivity index (χ3n) is 3.11. The molecule has 0 aliphatic rings. The zero-order valence-electron chi connectivity index (χ0n) is 12.0. The summed E-state index contributed by atoms with van der Waals surface area (Å²) in [6.45, 7) is 0.437. The quantitative estimate of drug-likeness (QED) is 0.903. The van der Waals surface area contributed by atoms with Crippen molar-refractivity contribution in [3.05, 3.63) is 53.8 Å². The van der Waals surface area contributed by atoms with Gasteiger partial charge in [-0.25, -0.2) is 4.39 Å². The highest BCUT2D eigenvalue weighted by Crippen LogP contribution is 2.20. The molecule has 0 fully saturated rings. The van der Waals surface area contributed by atoms with Crippen LogP contribution in [0.15, 0.2) is 42.5 Å². The fraction of sp³-hybridized carbons (Fsp3) is 0.250. The second kappa shape index (κ2) is 6.28. The molecule has 0 aliphatic heterocycles. The summed E-state index contributed by atoms with van der Waals surface area (Å²) in [5.41, 5.74) is 2.68. The first-order valence-corrected chi connectivity index (χ1v) is 6.44. The molecule has 0 atom stereocenters. The first-order chi connectivity index (χ1) is 9.60. The number of ether oxygens (including phenoxy) is 1. The van der Waals surface area contributed by atoms with Crippen molar-refractivity contribution in [2.24, 2.45) is 0 Å². The van der Waals surface area contributed by atoms with Gasteiger partial charge in [0.1, 0.15) is 11.6 Å². The van der Waals surface area contributed by atoms with Crippen LogP contribution >= 0.6 is 0 Å². The van der Waals surface area contributed by atoms with E-state index in [1.165, 1.54) is 13.2 Å². The van der Waals surface area contributed by atoms with E-state index in [9.17, 15) is 4.39 Å². The Kier molecular flexibility index (Phi) is 4.45. The molecule has 0 spiro atoms. The van der Waals surface area contributed by atoms with Gasteiger partial charge in [-0.15, -0.1) is 0 Å². The fourth-order valence-electron chi connectivity index (χ4n) is 1.89. The van der Waals surface area contributed by atoms with Gasteiger partial charge in [-0.1, -0.05) is 12.1 Å². The summed E-state index contributed by atoms with van der Waals surface area (Å²) < 4.78 is 18.8.